The topological polar surface area (TPSA) is 145 Å². The average Bonchev–Trinajstić information content (AvgIpc) is 2.63. The highest BCUT2D eigenvalue weighted by molar-refractivity contribution is 5.89. The van der Waals surface area contributed by atoms with Crippen LogP contribution in [0.15, 0.2) is 12.2 Å². The van der Waals surface area contributed by atoms with Crippen molar-refractivity contribution in [3.05, 3.63) is 12.2 Å². The summed E-state index contributed by atoms with van der Waals surface area (Å²) in [4.78, 5) is 34.0. The number of nitrogens with zero attached hydrogens (tertiary/aromatic N) is 1. The minimum atomic E-state index is -5.08. The summed E-state index contributed by atoms with van der Waals surface area (Å²) in [6, 6.07) is 0.459. The van der Waals surface area contributed by atoms with Crippen molar-refractivity contribution in [1.29, 1.82) is 5.26 Å². The molecule has 0 spiro atoms. The van der Waals surface area contributed by atoms with E-state index < -0.39 is 24.2 Å². The number of carbonyl (C=O) groups excluding carboxylic acids is 2. The van der Waals surface area contributed by atoms with E-state index in [1.54, 1.807) is 6.08 Å². The first kappa shape index (κ1) is 32.6. The fourth-order valence-corrected chi connectivity index (χ4v) is 2.73. The van der Waals surface area contributed by atoms with Gasteiger partial charge in [0.15, 0.2) is 0 Å². The molecule has 0 heterocycles. The number of hydrogen-bond acceptors (Lipinski definition) is 5. The zero-order valence-corrected chi connectivity index (χ0v) is 20.1. The van der Waals surface area contributed by atoms with E-state index in [1.807, 2.05) is 33.8 Å². The summed E-state index contributed by atoms with van der Waals surface area (Å²) in [5.74, 6) is -2.39. The first-order valence-electron chi connectivity index (χ1n) is 10.7. The highest BCUT2D eigenvalue weighted by Crippen LogP contribution is 2.13. The van der Waals surface area contributed by atoms with Crippen LogP contribution < -0.4 is 16.4 Å². The molecule has 0 aromatic rings. The number of nitrogens with two attached hydrogens (primary N) is 1. The smallest absolute Gasteiger partial charge is 0.475 e. The van der Waals surface area contributed by atoms with Crippen molar-refractivity contribution in [1.82, 2.24) is 10.6 Å². The van der Waals surface area contributed by atoms with E-state index in [-0.39, 0.29) is 23.8 Å². The number of nitrogens with one attached hydrogen (secondary N) is 2. The van der Waals surface area contributed by atoms with E-state index in [1.165, 1.54) is 6.08 Å². The Morgan fingerprint density at radius 3 is 1.76 bits per heavy atom. The van der Waals surface area contributed by atoms with E-state index in [4.69, 9.17) is 20.9 Å². The lowest BCUT2D eigenvalue weighted by atomic mass is 9.99. The third kappa shape index (κ3) is 17.6. The number of rotatable bonds is 11. The van der Waals surface area contributed by atoms with Crippen LogP contribution in [0.25, 0.3) is 0 Å². The zero-order valence-electron chi connectivity index (χ0n) is 20.1. The number of alkyl halides is 3. The van der Waals surface area contributed by atoms with E-state index in [0.717, 1.165) is 6.42 Å². The highest BCUT2D eigenvalue weighted by atomic mass is 19.4. The Morgan fingerprint density at radius 1 is 0.939 bits per heavy atom. The number of hydrogen-bond donors (Lipinski definition) is 4. The Kier molecular flexibility index (Phi) is 15.9. The maximum atomic E-state index is 12.7. The number of carbonyl (C=O) groups is 3. The lowest BCUT2D eigenvalue weighted by Crippen LogP contribution is -2.53. The molecule has 0 aromatic heterocycles. The molecule has 0 saturated heterocycles. The van der Waals surface area contributed by atoms with Crippen LogP contribution in [0.1, 0.15) is 60.8 Å². The Hall–Kier alpha value is -2.61. The minimum Gasteiger partial charge on any atom is -0.475 e. The molecule has 0 aliphatic carbocycles. The van der Waals surface area contributed by atoms with Crippen molar-refractivity contribution < 1.29 is 32.7 Å². The second-order valence-corrected chi connectivity index (χ2v) is 8.96. The summed E-state index contributed by atoms with van der Waals surface area (Å²) in [6.07, 6.45) is -0.192. The molecular weight excluding hydrogens is 441 g/mol. The van der Waals surface area contributed by atoms with Crippen molar-refractivity contribution in [2.24, 2.45) is 23.5 Å². The van der Waals surface area contributed by atoms with Crippen LogP contribution in [0, 0.1) is 29.1 Å². The molecule has 33 heavy (non-hydrogen) atoms. The van der Waals surface area contributed by atoms with Crippen LogP contribution in [0.4, 0.5) is 13.2 Å². The van der Waals surface area contributed by atoms with Gasteiger partial charge in [0, 0.05) is 12.1 Å². The normalized spacial score (nSPS) is 14.3. The van der Waals surface area contributed by atoms with Crippen LogP contribution in [0.3, 0.4) is 0 Å². The molecule has 0 fully saturated rings. The number of halogens is 3. The van der Waals surface area contributed by atoms with E-state index >= 15 is 0 Å². The third-order valence-corrected chi connectivity index (χ3v) is 4.10. The van der Waals surface area contributed by atoms with Crippen molar-refractivity contribution >= 4 is 17.8 Å². The Balaban J connectivity index is 0. The molecule has 0 aromatic carbocycles. The van der Waals surface area contributed by atoms with Gasteiger partial charge in [-0.05, 0) is 37.0 Å². The second-order valence-electron chi connectivity index (χ2n) is 8.96. The van der Waals surface area contributed by atoms with Crippen molar-refractivity contribution in [3.8, 4) is 6.07 Å². The molecule has 190 valence electrons. The molecule has 0 rings (SSSR count). The third-order valence-electron chi connectivity index (χ3n) is 4.10. The Bertz CT molecular complexity index is 686. The first-order chi connectivity index (χ1) is 15.0. The minimum absolute atomic E-state index is 0.238. The van der Waals surface area contributed by atoms with Gasteiger partial charge >= 0.3 is 12.1 Å². The summed E-state index contributed by atoms with van der Waals surface area (Å²) in [6.45, 7) is 12.1. The number of nitriles is 1. The van der Waals surface area contributed by atoms with Gasteiger partial charge in [0.1, 0.15) is 6.04 Å². The van der Waals surface area contributed by atoms with Crippen molar-refractivity contribution in [2.45, 2.75) is 85.1 Å². The molecule has 8 nitrogen and oxygen atoms in total. The summed E-state index contributed by atoms with van der Waals surface area (Å²) in [7, 11) is 0. The predicted octanol–water partition coefficient (Wildman–Crippen LogP) is 3.13. The zero-order chi connectivity index (χ0) is 26.4. The van der Waals surface area contributed by atoms with Crippen molar-refractivity contribution in [2.75, 3.05) is 0 Å². The molecule has 5 N–H and O–H groups in total. The Morgan fingerprint density at radius 2 is 1.39 bits per heavy atom. The van der Waals surface area contributed by atoms with E-state index in [2.05, 4.69) is 24.5 Å². The summed E-state index contributed by atoms with van der Waals surface area (Å²) >= 11 is 0. The van der Waals surface area contributed by atoms with Gasteiger partial charge in [-0.1, -0.05) is 47.6 Å². The summed E-state index contributed by atoms with van der Waals surface area (Å²) in [5.41, 5.74) is 5.94. The Labute approximate surface area is 193 Å². The van der Waals surface area contributed by atoms with E-state index in [0.29, 0.717) is 24.7 Å². The standard InChI is InChI=1S/C20H36N4O2.C2HF3O2/c1-13(2)10-16(8-7-9-21)23-20(26)18(12-15(5)6)24-19(25)17(22)11-14(3)4;3-2(4,5)1(6)7/h7-8,13-18H,10-12,22H2,1-6H3,(H,23,26)(H,24,25);(H,6,7)/b8-7+;/t16-,17+,18+;/m1./s1. The predicted molar refractivity (Wildman–Crippen MR) is 119 cm³/mol. The molecule has 0 aliphatic rings. The van der Waals surface area contributed by atoms with Gasteiger partial charge in [-0.25, -0.2) is 4.79 Å². The van der Waals surface area contributed by atoms with Crippen LogP contribution in [0.5, 0.6) is 0 Å². The lowest BCUT2D eigenvalue weighted by Gasteiger charge is -2.25. The highest BCUT2D eigenvalue weighted by Gasteiger charge is 2.38. The summed E-state index contributed by atoms with van der Waals surface area (Å²) in [5, 5.41) is 21.6. The van der Waals surface area contributed by atoms with Crippen LogP contribution >= 0.6 is 0 Å². The number of carboxylic acids is 1. The maximum absolute atomic E-state index is 12.7. The number of amides is 2. The lowest BCUT2D eigenvalue weighted by molar-refractivity contribution is -0.192. The van der Waals surface area contributed by atoms with Crippen LogP contribution in [0.2, 0.25) is 0 Å². The molecule has 0 bridgehead atoms. The van der Waals surface area contributed by atoms with Crippen LogP contribution in [-0.4, -0.2) is 47.2 Å². The molecular formula is C22H37F3N4O4. The molecule has 0 radical (unpaired) electrons. The molecule has 2 amide bonds. The monoisotopic (exact) mass is 478 g/mol. The van der Waals surface area contributed by atoms with Gasteiger partial charge in [0.25, 0.3) is 0 Å². The number of aliphatic carboxylic acids is 1. The van der Waals surface area contributed by atoms with Gasteiger partial charge in [0.05, 0.1) is 12.1 Å². The van der Waals surface area contributed by atoms with Gasteiger partial charge in [-0.15, -0.1) is 0 Å². The average molecular weight is 479 g/mol. The second kappa shape index (κ2) is 16.1. The quantitative estimate of drug-likeness (QED) is 0.336. The molecule has 0 unspecified atom stereocenters. The largest absolute Gasteiger partial charge is 0.490 e. The number of carboxylic acid groups (broad SMARTS) is 1. The fourth-order valence-electron chi connectivity index (χ4n) is 2.73. The maximum Gasteiger partial charge on any atom is 0.490 e. The molecule has 0 aliphatic heterocycles. The number of allylic oxidation sites excluding steroid dienone is 1. The SMILES string of the molecule is CC(C)C[C@@H](/C=C/C#N)NC(=O)[C@H](CC(C)C)NC(=O)[C@@H](N)CC(C)C.O=C(O)C(F)(F)F. The first-order valence-corrected chi connectivity index (χ1v) is 10.7. The van der Waals surface area contributed by atoms with E-state index in [9.17, 15) is 22.8 Å². The summed E-state index contributed by atoms with van der Waals surface area (Å²) < 4.78 is 31.7. The van der Waals surface area contributed by atoms with Crippen LogP contribution in [-0.2, 0) is 14.4 Å². The van der Waals surface area contributed by atoms with Gasteiger partial charge in [-0.2, -0.15) is 18.4 Å². The fraction of sp³-hybridized carbons (Fsp3) is 0.727. The molecule has 0 saturated carbocycles. The van der Waals surface area contributed by atoms with Gasteiger partial charge in [0.2, 0.25) is 11.8 Å². The molecule has 11 heteroatoms. The van der Waals surface area contributed by atoms with Crippen molar-refractivity contribution in [3.63, 3.8) is 0 Å². The molecule has 3 atom stereocenters. The van der Waals surface area contributed by atoms with Gasteiger partial charge < -0.3 is 21.5 Å². The van der Waals surface area contributed by atoms with Gasteiger partial charge in [-0.3, -0.25) is 9.59 Å².